The summed E-state index contributed by atoms with van der Waals surface area (Å²) in [4.78, 5) is 8.36. The molecule has 2 rings (SSSR count). The SMILES string of the molecule is COc1c(C)cc(-c2ccnc(CO)n2)c(C)c1C. The molecule has 0 saturated carbocycles. The molecule has 2 aromatic rings. The van der Waals surface area contributed by atoms with Crippen molar-refractivity contribution in [3.63, 3.8) is 0 Å². The fraction of sp³-hybridized carbons (Fsp3) is 0.333. The number of nitrogens with zero attached hydrogens (tertiary/aromatic N) is 2. The number of benzene rings is 1. The molecule has 100 valence electrons. The van der Waals surface area contributed by atoms with Gasteiger partial charge < -0.3 is 9.84 Å². The number of ether oxygens (including phenoxy) is 1. The van der Waals surface area contributed by atoms with Crippen molar-refractivity contribution in [2.24, 2.45) is 0 Å². The molecular formula is C15H18N2O2. The van der Waals surface area contributed by atoms with Crippen molar-refractivity contribution in [2.75, 3.05) is 7.11 Å². The van der Waals surface area contributed by atoms with E-state index in [1.165, 1.54) is 0 Å². The average molecular weight is 258 g/mol. The lowest BCUT2D eigenvalue weighted by molar-refractivity contribution is 0.271. The minimum Gasteiger partial charge on any atom is -0.496 e. The van der Waals surface area contributed by atoms with Gasteiger partial charge in [0.25, 0.3) is 0 Å². The van der Waals surface area contributed by atoms with E-state index in [2.05, 4.69) is 16.0 Å². The Kier molecular flexibility index (Phi) is 3.81. The van der Waals surface area contributed by atoms with Crippen molar-refractivity contribution in [1.29, 1.82) is 0 Å². The van der Waals surface area contributed by atoms with Gasteiger partial charge in [-0.2, -0.15) is 0 Å². The Hall–Kier alpha value is -1.94. The Morgan fingerprint density at radius 3 is 2.58 bits per heavy atom. The first kappa shape index (κ1) is 13.5. The van der Waals surface area contributed by atoms with Crippen LogP contribution in [0.4, 0.5) is 0 Å². The zero-order chi connectivity index (χ0) is 14.0. The molecule has 0 aliphatic heterocycles. The highest BCUT2D eigenvalue weighted by Gasteiger charge is 2.13. The van der Waals surface area contributed by atoms with Gasteiger partial charge in [-0.1, -0.05) is 0 Å². The van der Waals surface area contributed by atoms with E-state index in [1.54, 1.807) is 13.3 Å². The zero-order valence-corrected chi connectivity index (χ0v) is 11.7. The van der Waals surface area contributed by atoms with Crippen LogP contribution in [0.15, 0.2) is 18.3 Å². The lowest BCUT2D eigenvalue weighted by Gasteiger charge is -2.15. The number of aliphatic hydroxyl groups excluding tert-OH is 1. The molecule has 0 saturated heterocycles. The van der Waals surface area contributed by atoms with E-state index in [0.717, 1.165) is 33.7 Å². The van der Waals surface area contributed by atoms with Gasteiger partial charge in [-0.15, -0.1) is 0 Å². The van der Waals surface area contributed by atoms with Crippen molar-refractivity contribution in [3.05, 3.63) is 40.8 Å². The van der Waals surface area contributed by atoms with Crippen LogP contribution in [0.25, 0.3) is 11.3 Å². The molecule has 1 heterocycles. The quantitative estimate of drug-likeness (QED) is 0.919. The predicted octanol–water partition coefficient (Wildman–Crippen LogP) is 2.57. The summed E-state index contributed by atoms with van der Waals surface area (Å²) in [7, 11) is 1.68. The van der Waals surface area contributed by atoms with Crippen LogP contribution in [0.2, 0.25) is 0 Å². The summed E-state index contributed by atoms with van der Waals surface area (Å²) in [5, 5.41) is 9.12. The molecule has 4 heteroatoms. The molecule has 0 radical (unpaired) electrons. The maximum Gasteiger partial charge on any atom is 0.154 e. The minimum absolute atomic E-state index is 0.152. The second kappa shape index (κ2) is 5.36. The predicted molar refractivity (Wildman–Crippen MR) is 74.2 cm³/mol. The zero-order valence-electron chi connectivity index (χ0n) is 11.7. The first-order valence-corrected chi connectivity index (χ1v) is 6.16. The van der Waals surface area contributed by atoms with E-state index in [4.69, 9.17) is 9.84 Å². The Morgan fingerprint density at radius 2 is 1.95 bits per heavy atom. The fourth-order valence-corrected chi connectivity index (χ4v) is 2.26. The van der Waals surface area contributed by atoms with Crippen molar-refractivity contribution < 1.29 is 9.84 Å². The number of aryl methyl sites for hydroxylation is 1. The van der Waals surface area contributed by atoms with E-state index in [9.17, 15) is 0 Å². The summed E-state index contributed by atoms with van der Waals surface area (Å²) in [6.45, 7) is 5.95. The number of hydrogen-bond acceptors (Lipinski definition) is 4. The van der Waals surface area contributed by atoms with Crippen LogP contribution in [0.3, 0.4) is 0 Å². The minimum atomic E-state index is -0.152. The summed E-state index contributed by atoms with van der Waals surface area (Å²) in [5.41, 5.74) is 5.19. The van der Waals surface area contributed by atoms with Crippen LogP contribution >= 0.6 is 0 Å². The smallest absolute Gasteiger partial charge is 0.154 e. The van der Waals surface area contributed by atoms with Gasteiger partial charge >= 0.3 is 0 Å². The summed E-state index contributed by atoms with van der Waals surface area (Å²) < 4.78 is 5.42. The van der Waals surface area contributed by atoms with E-state index in [1.807, 2.05) is 26.8 Å². The van der Waals surface area contributed by atoms with Gasteiger partial charge in [0.2, 0.25) is 0 Å². The average Bonchev–Trinajstić information content (AvgIpc) is 2.43. The van der Waals surface area contributed by atoms with E-state index < -0.39 is 0 Å². The standard InChI is InChI=1S/C15H18N2O2/c1-9-7-12(10(2)11(3)15(9)19-4)13-5-6-16-14(8-18)17-13/h5-7,18H,8H2,1-4H3. The van der Waals surface area contributed by atoms with Gasteiger partial charge in [0.1, 0.15) is 12.4 Å². The van der Waals surface area contributed by atoms with Gasteiger partial charge in [0, 0.05) is 11.8 Å². The van der Waals surface area contributed by atoms with Crippen LogP contribution in [0.1, 0.15) is 22.5 Å². The maximum absolute atomic E-state index is 9.12. The number of hydrogen-bond donors (Lipinski definition) is 1. The highest BCUT2D eigenvalue weighted by atomic mass is 16.5. The highest BCUT2D eigenvalue weighted by molar-refractivity contribution is 5.68. The molecule has 4 nitrogen and oxygen atoms in total. The number of aromatic nitrogens is 2. The third kappa shape index (κ3) is 2.44. The molecule has 0 fully saturated rings. The van der Waals surface area contributed by atoms with Crippen molar-refractivity contribution in [1.82, 2.24) is 9.97 Å². The molecule has 0 aliphatic carbocycles. The maximum atomic E-state index is 9.12. The Morgan fingerprint density at radius 1 is 1.21 bits per heavy atom. The third-order valence-corrected chi connectivity index (χ3v) is 3.35. The monoisotopic (exact) mass is 258 g/mol. The molecule has 0 bridgehead atoms. The van der Waals surface area contributed by atoms with Gasteiger partial charge in [-0.3, -0.25) is 0 Å². The van der Waals surface area contributed by atoms with Crippen molar-refractivity contribution in [3.8, 4) is 17.0 Å². The number of rotatable bonds is 3. The topological polar surface area (TPSA) is 55.2 Å². The summed E-state index contributed by atoms with van der Waals surface area (Å²) >= 11 is 0. The molecule has 0 spiro atoms. The summed E-state index contributed by atoms with van der Waals surface area (Å²) in [5.74, 6) is 1.35. The Bertz CT molecular complexity index is 609. The normalized spacial score (nSPS) is 10.6. The van der Waals surface area contributed by atoms with Crippen LogP contribution in [0.5, 0.6) is 5.75 Å². The molecule has 0 aliphatic rings. The molecule has 1 aromatic carbocycles. The van der Waals surface area contributed by atoms with E-state index in [-0.39, 0.29) is 6.61 Å². The third-order valence-electron chi connectivity index (χ3n) is 3.35. The van der Waals surface area contributed by atoms with Gasteiger partial charge in [-0.25, -0.2) is 9.97 Å². The molecule has 0 amide bonds. The molecule has 1 N–H and O–H groups in total. The largest absolute Gasteiger partial charge is 0.496 e. The second-order valence-corrected chi connectivity index (χ2v) is 4.54. The summed E-state index contributed by atoms with van der Waals surface area (Å²) in [6, 6.07) is 3.91. The first-order chi connectivity index (χ1) is 9.08. The van der Waals surface area contributed by atoms with E-state index >= 15 is 0 Å². The van der Waals surface area contributed by atoms with Gasteiger partial charge in [-0.05, 0) is 49.6 Å². The summed E-state index contributed by atoms with van der Waals surface area (Å²) in [6.07, 6.45) is 1.67. The van der Waals surface area contributed by atoms with Crippen LogP contribution in [0, 0.1) is 20.8 Å². The van der Waals surface area contributed by atoms with Crippen LogP contribution in [-0.4, -0.2) is 22.2 Å². The number of aliphatic hydroxyl groups is 1. The van der Waals surface area contributed by atoms with Crippen molar-refractivity contribution in [2.45, 2.75) is 27.4 Å². The van der Waals surface area contributed by atoms with Crippen LogP contribution < -0.4 is 4.74 Å². The van der Waals surface area contributed by atoms with E-state index in [0.29, 0.717) is 5.82 Å². The molecule has 1 aromatic heterocycles. The lowest BCUT2D eigenvalue weighted by Crippen LogP contribution is -2.00. The Balaban J connectivity index is 2.62. The molecule has 19 heavy (non-hydrogen) atoms. The fourth-order valence-electron chi connectivity index (χ4n) is 2.26. The molecular weight excluding hydrogens is 240 g/mol. The first-order valence-electron chi connectivity index (χ1n) is 6.16. The lowest BCUT2D eigenvalue weighted by atomic mass is 9.96. The van der Waals surface area contributed by atoms with Gasteiger partial charge in [0.05, 0.1) is 12.8 Å². The van der Waals surface area contributed by atoms with Crippen molar-refractivity contribution >= 4 is 0 Å². The molecule has 0 unspecified atom stereocenters. The highest BCUT2D eigenvalue weighted by Crippen LogP contribution is 2.33. The van der Waals surface area contributed by atoms with Gasteiger partial charge in [0.15, 0.2) is 5.82 Å². The van der Waals surface area contributed by atoms with Crippen LogP contribution in [-0.2, 0) is 6.61 Å². The number of methoxy groups -OCH3 is 1. The Labute approximate surface area is 113 Å². The molecule has 0 atom stereocenters. The second-order valence-electron chi connectivity index (χ2n) is 4.54.